The van der Waals surface area contributed by atoms with Gasteiger partial charge in [0.05, 0.1) is 34.0 Å². The van der Waals surface area contributed by atoms with Crippen LogP contribution < -0.4 is 10.6 Å². The molecule has 2 aromatic heterocycles. The quantitative estimate of drug-likeness (QED) is 0.0822. The Bertz CT molecular complexity index is 1550. The highest BCUT2D eigenvalue weighted by molar-refractivity contribution is 8.26. The molecule has 42 heavy (non-hydrogen) atoms. The second kappa shape index (κ2) is 15.0. The Kier molecular flexibility index (Phi) is 10.9. The number of fused-ring (bicyclic) bond motifs is 2. The molecule has 214 valence electrons. The summed E-state index contributed by atoms with van der Waals surface area (Å²) in [6.07, 6.45) is 5.74. The molecule has 0 aliphatic carbocycles. The van der Waals surface area contributed by atoms with Gasteiger partial charge in [-0.05, 0) is 96.7 Å². The van der Waals surface area contributed by atoms with E-state index in [1.807, 2.05) is 60.7 Å². The number of rotatable bonds is 9. The number of carbonyl (C=O) groups is 2. The van der Waals surface area contributed by atoms with Crippen LogP contribution in [-0.2, 0) is 22.4 Å². The monoisotopic (exact) mass is 598 g/mol. The number of hydrogen-bond donors (Lipinski definition) is 6. The fourth-order valence-corrected chi connectivity index (χ4v) is 5.47. The van der Waals surface area contributed by atoms with Crippen LogP contribution in [0.15, 0.2) is 73.1 Å². The second-order valence-corrected chi connectivity index (χ2v) is 11.6. The first-order valence-corrected chi connectivity index (χ1v) is 14.8. The molecule has 0 radical (unpaired) electrons. The van der Waals surface area contributed by atoms with E-state index in [4.69, 9.17) is 21.6 Å². The fourth-order valence-electron chi connectivity index (χ4n) is 4.15. The molecule has 6 N–H and O–H groups in total. The van der Waals surface area contributed by atoms with Crippen molar-refractivity contribution in [3.8, 4) is 0 Å². The first kappa shape index (κ1) is 30.5. The lowest BCUT2D eigenvalue weighted by molar-refractivity contribution is -0.119. The molecule has 4 aromatic rings. The van der Waals surface area contributed by atoms with E-state index in [9.17, 15) is 9.59 Å². The zero-order valence-corrected chi connectivity index (χ0v) is 24.3. The van der Waals surface area contributed by atoms with Crippen LogP contribution in [-0.4, -0.2) is 42.2 Å². The number of amidine groups is 2. The van der Waals surface area contributed by atoms with Gasteiger partial charge in [0.25, 0.3) is 0 Å². The van der Waals surface area contributed by atoms with Gasteiger partial charge in [-0.1, -0.05) is 24.3 Å². The number of nitrogens with one attached hydrogen (secondary N) is 6. The number of hydrogen-bond acceptors (Lipinski definition) is 10. The maximum atomic E-state index is 12.3. The number of unbranched alkanes of at least 4 members (excludes halogenated alkanes) is 1. The maximum absolute atomic E-state index is 12.3. The van der Waals surface area contributed by atoms with E-state index in [0.717, 1.165) is 56.5 Å². The second-order valence-electron chi connectivity index (χ2n) is 9.43. The Morgan fingerprint density at radius 3 is 1.50 bits per heavy atom. The molecule has 0 spiro atoms. The lowest BCUT2D eigenvalue weighted by atomic mass is 10.1. The summed E-state index contributed by atoms with van der Waals surface area (Å²) in [5.41, 5.74) is 3.33. The average Bonchev–Trinajstić information content (AvgIpc) is 2.94. The average molecular weight is 599 g/mol. The number of aromatic nitrogens is 2. The van der Waals surface area contributed by atoms with E-state index < -0.39 is 0 Å². The molecule has 4 rings (SSSR count). The zero-order valence-electron chi connectivity index (χ0n) is 22.7. The summed E-state index contributed by atoms with van der Waals surface area (Å²) in [6, 6.07) is 18.7. The van der Waals surface area contributed by atoms with Crippen molar-refractivity contribution in [3.05, 3.63) is 84.2 Å². The number of nitrogens with zero attached hydrogens (tertiary/aromatic N) is 2. The summed E-state index contributed by atoms with van der Waals surface area (Å²) >= 11 is 1.80. The molecule has 0 fully saturated rings. The van der Waals surface area contributed by atoms with E-state index in [0.29, 0.717) is 25.7 Å². The minimum atomic E-state index is -0.321. The first-order chi connectivity index (χ1) is 20.2. The molecule has 0 atom stereocenters. The topological polar surface area (TPSA) is 179 Å². The van der Waals surface area contributed by atoms with Crippen LogP contribution in [0.5, 0.6) is 0 Å². The third-order valence-corrected chi connectivity index (χ3v) is 7.59. The SMILES string of the molecule is N=C(CCCCC(=N)SC(=N)NC(=O)Cc1ccc2ncccc2c1)SC(=N)NC(=O)Cc1ccc2ncccc2c1. The highest BCUT2D eigenvalue weighted by atomic mass is 32.2. The van der Waals surface area contributed by atoms with Gasteiger partial charge in [0, 0.05) is 23.2 Å². The molecular weight excluding hydrogens is 569 g/mol. The maximum Gasteiger partial charge on any atom is 0.230 e. The van der Waals surface area contributed by atoms with Gasteiger partial charge in [-0.3, -0.25) is 41.2 Å². The van der Waals surface area contributed by atoms with E-state index in [2.05, 4.69) is 20.6 Å². The predicted octanol–water partition coefficient (Wildman–Crippen LogP) is 5.65. The summed E-state index contributed by atoms with van der Waals surface area (Å²) in [5, 5.41) is 39.5. The summed E-state index contributed by atoms with van der Waals surface area (Å²) in [5.74, 6) is -0.642. The van der Waals surface area contributed by atoms with Crippen LogP contribution in [0.25, 0.3) is 21.8 Å². The third kappa shape index (κ3) is 9.60. The van der Waals surface area contributed by atoms with Gasteiger partial charge in [-0.25, -0.2) is 0 Å². The van der Waals surface area contributed by atoms with Crippen LogP contribution in [0.1, 0.15) is 36.8 Å². The van der Waals surface area contributed by atoms with Crippen molar-refractivity contribution in [1.29, 1.82) is 21.6 Å². The van der Waals surface area contributed by atoms with Gasteiger partial charge in [0.2, 0.25) is 11.8 Å². The van der Waals surface area contributed by atoms with Crippen molar-refractivity contribution in [3.63, 3.8) is 0 Å². The van der Waals surface area contributed by atoms with Crippen LogP contribution in [0.2, 0.25) is 0 Å². The van der Waals surface area contributed by atoms with Crippen LogP contribution >= 0.6 is 23.5 Å². The molecule has 2 aromatic carbocycles. The number of carbonyl (C=O) groups excluding carboxylic acids is 2. The van der Waals surface area contributed by atoms with Gasteiger partial charge < -0.3 is 10.6 Å². The Hall–Kier alpha value is -4.42. The van der Waals surface area contributed by atoms with Gasteiger partial charge >= 0.3 is 0 Å². The predicted molar refractivity (Wildman–Crippen MR) is 172 cm³/mol. The summed E-state index contributed by atoms with van der Waals surface area (Å²) in [6.45, 7) is 0. The van der Waals surface area contributed by atoms with E-state index in [1.54, 1.807) is 12.4 Å². The molecule has 0 unspecified atom stereocenters. The van der Waals surface area contributed by atoms with E-state index >= 15 is 0 Å². The van der Waals surface area contributed by atoms with E-state index in [-0.39, 0.29) is 45.1 Å². The van der Waals surface area contributed by atoms with Crippen molar-refractivity contribution in [2.75, 3.05) is 0 Å². The highest BCUT2D eigenvalue weighted by Crippen LogP contribution is 2.17. The van der Waals surface area contributed by atoms with Gasteiger partial charge in [0.15, 0.2) is 10.3 Å². The van der Waals surface area contributed by atoms with Crippen LogP contribution in [0.3, 0.4) is 0 Å². The molecule has 0 aliphatic rings. The minimum absolute atomic E-state index is 0.0969. The molecular formula is C30H30N8O2S2. The molecule has 0 aliphatic heterocycles. The first-order valence-electron chi connectivity index (χ1n) is 13.2. The third-order valence-electron chi connectivity index (χ3n) is 6.08. The summed E-state index contributed by atoms with van der Waals surface area (Å²) < 4.78 is 0. The molecule has 0 saturated carbocycles. The Morgan fingerprint density at radius 2 is 1.07 bits per heavy atom. The smallest absolute Gasteiger partial charge is 0.230 e. The van der Waals surface area contributed by atoms with Crippen LogP contribution in [0, 0.1) is 21.6 Å². The molecule has 0 saturated heterocycles. The standard InChI is InChI=1S/C30H30N8O2S2/c31-25(41-29(33)37-27(39)17-19-9-11-23-21(15-19)5-3-13-35-23)7-1-2-8-26(32)42-30(34)38-28(40)18-20-10-12-24-22(16-20)6-4-14-36-24/h3-6,9-16,31-32H,1-2,7-8,17-18H2,(H2,33,37,39)(H2,34,38,40). The molecule has 10 nitrogen and oxygen atoms in total. The molecule has 0 bridgehead atoms. The molecule has 2 amide bonds. The van der Waals surface area contributed by atoms with Crippen LogP contribution in [0.4, 0.5) is 0 Å². The van der Waals surface area contributed by atoms with Crippen molar-refractivity contribution < 1.29 is 9.59 Å². The van der Waals surface area contributed by atoms with Gasteiger partial charge in [-0.2, -0.15) is 0 Å². The summed E-state index contributed by atoms with van der Waals surface area (Å²) in [7, 11) is 0. The van der Waals surface area contributed by atoms with Crippen molar-refractivity contribution in [2.24, 2.45) is 0 Å². The van der Waals surface area contributed by atoms with Crippen molar-refractivity contribution in [2.45, 2.75) is 38.5 Å². The largest absolute Gasteiger partial charge is 0.305 e. The zero-order chi connectivity index (χ0) is 29.9. The Labute approximate surface area is 251 Å². The highest BCUT2D eigenvalue weighted by Gasteiger charge is 2.12. The number of benzene rings is 2. The van der Waals surface area contributed by atoms with E-state index in [1.165, 1.54) is 0 Å². The normalized spacial score (nSPS) is 10.8. The molecule has 12 heteroatoms. The van der Waals surface area contributed by atoms with Gasteiger partial charge in [0.1, 0.15) is 0 Å². The number of pyridine rings is 2. The fraction of sp³-hybridized carbons (Fsp3) is 0.200. The Balaban J connectivity index is 1.08. The number of amides is 2. The minimum Gasteiger partial charge on any atom is -0.305 e. The number of thioether (sulfide) groups is 2. The van der Waals surface area contributed by atoms with Crippen molar-refractivity contribution >= 4 is 77.6 Å². The summed E-state index contributed by atoms with van der Waals surface area (Å²) in [4.78, 5) is 33.2. The Morgan fingerprint density at radius 1 is 0.643 bits per heavy atom. The molecule has 2 heterocycles. The lowest BCUT2D eigenvalue weighted by Crippen LogP contribution is -2.29. The lowest BCUT2D eigenvalue weighted by Gasteiger charge is -2.09. The van der Waals surface area contributed by atoms with Crippen molar-refractivity contribution in [1.82, 2.24) is 20.6 Å². The van der Waals surface area contributed by atoms with Gasteiger partial charge in [-0.15, -0.1) is 0 Å².